The fraction of sp³-hybridized carbons (Fsp3) is 0.375. The number of nitrogens with two attached hydrogens (primary N) is 1. The van der Waals surface area contributed by atoms with Gasteiger partial charge in [0.15, 0.2) is 0 Å². The largest absolute Gasteiger partial charge is 0.379 e. The Hall–Kier alpha value is -2.49. The van der Waals surface area contributed by atoms with E-state index in [-0.39, 0.29) is 23.5 Å². The summed E-state index contributed by atoms with van der Waals surface area (Å²) in [7, 11) is 0. The van der Waals surface area contributed by atoms with Gasteiger partial charge in [-0.3, -0.25) is 15.0 Å². The Kier molecular flexibility index (Phi) is 5.82. The fourth-order valence-corrected chi connectivity index (χ4v) is 3.13. The minimum atomic E-state index is -0.612. The molecule has 2 heterocycles. The molecule has 0 aliphatic carbocycles. The van der Waals surface area contributed by atoms with Gasteiger partial charge in [-0.15, -0.1) is 0 Å². The van der Waals surface area contributed by atoms with Crippen molar-refractivity contribution in [3.05, 3.63) is 51.2 Å². The first-order chi connectivity index (χ1) is 12.6. The third-order valence-electron chi connectivity index (χ3n) is 4.20. The molecular formula is C16H19ClN6O3. The zero-order chi connectivity index (χ0) is 18.5. The Morgan fingerprint density at radius 3 is 2.77 bits per heavy atom. The molecule has 10 heteroatoms. The Labute approximate surface area is 155 Å². The van der Waals surface area contributed by atoms with E-state index < -0.39 is 4.92 Å². The van der Waals surface area contributed by atoms with E-state index in [9.17, 15) is 10.1 Å². The van der Waals surface area contributed by atoms with Crippen molar-refractivity contribution in [1.82, 2.24) is 14.9 Å². The van der Waals surface area contributed by atoms with Gasteiger partial charge in [0.2, 0.25) is 11.8 Å². The molecule has 1 unspecified atom stereocenters. The molecule has 3 rings (SSSR count). The minimum absolute atomic E-state index is 0.0207. The summed E-state index contributed by atoms with van der Waals surface area (Å²) < 4.78 is 5.43. The molecular weight excluding hydrogens is 360 g/mol. The van der Waals surface area contributed by atoms with Crippen molar-refractivity contribution in [2.75, 3.05) is 43.9 Å². The molecule has 1 aromatic heterocycles. The number of nitrogens with one attached hydrogen (secondary N) is 1. The van der Waals surface area contributed by atoms with Crippen molar-refractivity contribution in [3.8, 4) is 0 Å². The van der Waals surface area contributed by atoms with Gasteiger partial charge in [0.25, 0.3) is 0 Å². The van der Waals surface area contributed by atoms with Gasteiger partial charge in [0, 0.05) is 24.7 Å². The van der Waals surface area contributed by atoms with Gasteiger partial charge < -0.3 is 15.8 Å². The van der Waals surface area contributed by atoms with Crippen molar-refractivity contribution in [1.29, 1.82) is 0 Å². The summed E-state index contributed by atoms with van der Waals surface area (Å²) in [6, 6.07) is 7.64. The topological polar surface area (TPSA) is 119 Å². The Morgan fingerprint density at radius 1 is 1.38 bits per heavy atom. The quantitative estimate of drug-likeness (QED) is 0.579. The van der Waals surface area contributed by atoms with Crippen LogP contribution < -0.4 is 11.1 Å². The van der Waals surface area contributed by atoms with Crippen molar-refractivity contribution in [2.24, 2.45) is 0 Å². The number of ether oxygens (including phenoxy) is 1. The monoisotopic (exact) mass is 378 g/mol. The molecule has 2 aromatic rings. The smallest absolute Gasteiger partial charge is 0.329 e. The lowest BCUT2D eigenvalue weighted by Gasteiger charge is -2.35. The average Bonchev–Trinajstić information content (AvgIpc) is 2.64. The van der Waals surface area contributed by atoms with Crippen molar-refractivity contribution in [2.45, 2.75) is 6.04 Å². The highest BCUT2D eigenvalue weighted by molar-refractivity contribution is 6.31. The number of benzene rings is 1. The zero-order valence-corrected chi connectivity index (χ0v) is 14.7. The average molecular weight is 379 g/mol. The van der Waals surface area contributed by atoms with Crippen LogP contribution in [0.4, 0.5) is 17.5 Å². The molecule has 0 radical (unpaired) electrons. The highest BCUT2D eigenvalue weighted by atomic mass is 35.5. The molecule has 1 aliphatic rings. The van der Waals surface area contributed by atoms with E-state index in [0.717, 1.165) is 24.8 Å². The predicted octanol–water partition coefficient (Wildman–Crippen LogP) is 2.11. The second-order valence-corrected chi connectivity index (χ2v) is 6.19. The van der Waals surface area contributed by atoms with Gasteiger partial charge in [-0.25, -0.2) is 4.98 Å². The molecule has 0 saturated carbocycles. The lowest BCUT2D eigenvalue weighted by molar-refractivity contribution is -0.384. The minimum Gasteiger partial charge on any atom is -0.379 e. The number of rotatable bonds is 6. The molecule has 138 valence electrons. The molecule has 3 N–H and O–H groups in total. The lowest BCUT2D eigenvalue weighted by atomic mass is 10.0. The van der Waals surface area contributed by atoms with E-state index in [4.69, 9.17) is 22.1 Å². The lowest BCUT2D eigenvalue weighted by Crippen LogP contribution is -2.41. The molecule has 9 nitrogen and oxygen atoms in total. The van der Waals surface area contributed by atoms with Crippen LogP contribution in [-0.4, -0.2) is 52.6 Å². The number of morpholine rings is 1. The number of anilines is 2. The number of hydrogen-bond donors (Lipinski definition) is 2. The van der Waals surface area contributed by atoms with Crippen molar-refractivity contribution in [3.63, 3.8) is 0 Å². The summed E-state index contributed by atoms with van der Waals surface area (Å²) in [6.07, 6.45) is 1.10. The standard InChI is InChI=1S/C16H19ClN6O3/c17-12-4-2-1-3-11(12)13(22-5-7-26-8-6-22)9-19-16-20-10-14(23(24)25)15(18)21-16/h1-4,10,13H,5-9H2,(H3,18,19,20,21). The third kappa shape index (κ3) is 4.18. The highest BCUT2D eigenvalue weighted by Crippen LogP contribution is 2.28. The van der Waals surface area contributed by atoms with Crippen LogP contribution in [0, 0.1) is 10.1 Å². The van der Waals surface area contributed by atoms with Gasteiger partial charge in [-0.2, -0.15) is 4.98 Å². The third-order valence-corrected chi connectivity index (χ3v) is 4.54. The van der Waals surface area contributed by atoms with E-state index in [1.807, 2.05) is 24.3 Å². The first kappa shape index (κ1) is 18.3. The molecule has 0 spiro atoms. The summed E-state index contributed by atoms with van der Waals surface area (Å²) >= 11 is 6.39. The number of halogens is 1. The molecule has 0 bridgehead atoms. The molecule has 1 atom stereocenters. The second-order valence-electron chi connectivity index (χ2n) is 5.79. The molecule has 0 amide bonds. The summed E-state index contributed by atoms with van der Waals surface area (Å²) in [5.74, 6) is 0.0616. The summed E-state index contributed by atoms with van der Waals surface area (Å²) in [4.78, 5) is 20.4. The first-order valence-corrected chi connectivity index (χ1v) is 8.51. The zero-order valence-electron chi connectivity index (χ0n) is 14.0. The van der Waals surface area contributed by atoms with Crippen LogP contribution in [0.1, 0.15) is 11.6 Å². The van der Waals surface area contributed by atoms with Crippen LogP contribution in [0.2, 0.25) is 5.02 Å². The van der Waals surface area contributed by atoms with Crippen LogP contribution in [-0.2, 0) is 4.74 Å². The van der Waals surface area contributed by atoms with E-state index >= 15 is 0 Å². The maximum absolute atomic E-state index is 10.8. The number of nitrogen functional groups attached to an aromatic ring is 1. The van der Waals surface area contributed by atoms with E-state index in [1.54, 1.807) is 0 Å². The van der Waals surface area contributed by atoms with E-state index in [0.29, 0.717) is 24.8 Å². The maximum atomic E-state index is 10.8. The number of hydrogen-bond acceptors (Lipinski definition) is 8. The summed E-state index contributed by atoms with van der Waals surface area (Å²) in [5, 5.41) is 14.6. The SMILES string of the molecule is Nc1nc(NCC(c2ccccc2Cl)N2CCOCC2)ncc1[N+](=O)[O-]. The normalized spacial score (nSPS) is 16.2. The second kappa shape index (κ2) is 8.26. The van der Waals surface area contributed by atoms with Crippen molar-refractivity contribution < 1.29 is 9.66 Å². The van der Waals surface area contributed by atoms with Gasteiger partial charge in [-0.1, -0.05) is 29.8 Å². The van der Waals surface area contributed by atoms with Crippen molar-refractivity contribution >= 4 is 29.1 Å². The fourth-order valence-electron chi connectivity index (χ4n) is 2.87. The Morgan fingerprint density at radius 2 is 2.12 bits per heavy atom. The van der Waals surface area contributed by atoms with Crippen LogP contribution in [0.3, 0.4) is 0 Å². The number of nitro groups is 1. The van der Waals surface area contributed by atoms with E-state index in [2.05, 4.69) is 20.2 Å². The van der Waals surface area contributed by atoms with Gasteiger partial charge in [0.1, 0.15) is 6.20 Å². The first-order valence-electron chi connectivity index (χ1n) is 8.13. The van der Waals surface area contributed by atoms with E-state index in [1.165, 1.54) is 0 Å². The highest BCUT2D eigenvalue weighted by Gasteiger charge is 2.25. The van der Waals surface area contributed by atoms with Gasteiger partial charge in [-0.05, 0) is 11.6 Å². The molecule has 26 heavy (non-hydrogen) atoms. The van der Waals surface area contributed by atoms with Crippen LogP contribution in [0.5, 0.6) is 0 Å². The number of nitrogens with zero attached hydrogens (tertiary/aromatic N) is 4. The Bertz CT molecular complexity index is 784. The molecule has 1 fully saturated rings. The Balaban J connectivity index is 1.79. The predicted molar refractivity (Wildman–Crippen MR) is 98.2 cm³/mol. The maximum Gasteiger partial charge on any atom is 0.329 e. The van der Waals surface area contributed by atoms with Gasteiger partial charge in [0.05, 0.1) is 24.2 Å². The van der Waals surface area contributed by atoms with Crippen LogP contribution in [0.15, 0.2) is 30.5 Å². The van der Waals surface area contributed by atoms with Crippen LogP contribution in [0.25, 0.3) is 0 Å². The molecule has 1 saturated heterocycles. The number of aromatic nitrogens is 2. The summed E-state index contributed by atoms with van der Waals surface area (Å²) in [5.41, 5.74) is 6.30. The summed E-state index contributed by atoms with van der Waals surface area (Å²) in [6.45, 7) is 3.34. The van der Waals surface area contributed by atoms with Crippen LogP contribution >= 0.6 is 11.6 Å². The molecule has 1 aromatic carbocycles. The van der Waals surface area contributed by atoms with Gasteiger partial charge >= 0.3 is 5.69 Å². The molecule has 1 aliphatic heterocycles.